The van der Waals surface area contributed by atoms with Crippen molar-refractivity contribution in [2.45, 2.75) is 26.3 Å². The number of benzene rings is 1. The van der Waals surface area contributed by atoms with E-state index in [1.807, 2.05) is 31.3 Å². The van der Waals surface area contributed by atoms with Gasteiger partial charge >= 0.3 is 0 Å². The molecule has 0 N–H and O–H groups in total. The maximum atomic E-state index is 10.8. The van der Waals surface area contributed by atoms with Crippen LogP contribution >= 0.6 is 0 Å². The second-order valence-corrected chi connectivity index (χ2v) is 4.41. The smallest absolute Gasteiger partial charge is 0.152 e. The van der Waals surface area contributed by atoms with Gasteiger partial charge in [-0.3, -0.25) is 4.79 Å². The minimum atomic E-state index is 0.0269. The first kappa shape index (κ1) is 10.8. The molecule has 0 heterocycles. The molecule has 76 valence electrons. The molecule has 1 aromatic rings. The maximum absolute atomic E-state index is 10.8. The van der Waals surface area contributed by atoms with Crippen LogP contribution in [-0.2, 0) is 0 Å². The Kier molecular flexibility index (Phi) is 2.94. The molecular formula is C12H17NO. The molecule has 2 heteroatoms. The van der Waals surface area contributed by atoms with Gasteiger partial charge in [0, 0.05) is 23.8 Å². The zero-order valence-electron chi connectivity index (χ0n) is 9.24. The highest BCUT2D eigenvalue weighted by Crippen LogP contribution is 2.24. The van der Waals surface area contributed by atoms with Crippen LogP contribution in [0, 0.1) is 0 Å². The quantitative estimate of drug-likeness (QED) is 0.670. The normalized spacial score (nSPS) is 11.1. The predicted molar refractivity (Wildman–Crippen MR) is 60.0 cm³/mol. The van der Waals surface area contributed by atoms with Gasteiger partial charge in [0.1, 0.15) is 0 Å². The first-order chi connectivity index (χ1) is 6.46. The summed E-state index contributed by atoms with van der Waals surface area (Å²) in [5, 5.41) is 0. The number of hydrogen-bond acceptors (Lipinski definition) is 2. The Morgan fingerprint density at radius 2 is 1.79 bits per heavy atom. The molecule has 0 aliphatic heterocycles. The van der Waals surface area contributed by atoms with Crippen molar-refractivity contribution in [3.05, 3.63) is 29.8 Å². The van der Waals surface area contributed by atoms with E-state index in [1.165, 1.54) is 0 Å². The SMILES string of the molecule is CN(c1ccccc1C=O)C(C)(C)C. The molecule has 0 spiro atoms. The average molecular weight is 191 g/mol. The minimum Gasteiger partial charge on any atom is -0.369 e. The third kappa shape index (κ3) is 2.13. The number of carbonyl (C=O) groups excluding carboxylic acids is 1. The molecule has 0 aliphatic carbocycles. The second-order valence-electron chi connectivity index (χ2n) is 4.41. The zero-order chi connectivity index (χ0) is 10.8. The van der Waals surface area contributed by atoms with Crippen LogP contribution < -0.4 is 4.90 Å². The van der Waals surface area contributed by atoms with Crippen LogP contribution in [0.4, 0.5) is 5.69 Å². The summed E-state index contributed by atoms with van der Waals surface area (Å²) in [4.78, 5) is 12.9. The van der Waals surface area contributed by atoms with Crippen molar-refractivity contribution in [3.8, 4) is 0 Å². The summed E-state index contributed by atoms with van der Waals surface area (Å²) in [6, 6.07) is 7.63. The topological polar surface area (TPSA) is 20.3 Å². The van der Waals surface area contributed by atoms with Gasteiger partial charge in [-0.2, -0.15) is 0 Å². The summed E-state index contributed by atoms with van der Waals surface area (Å²) in [7, 11) is 2.00. The number of aldehydes is 1. The van der Waals surface area contributed by atoms with E-state index in [1.54, 1.807) is 0 Å². The second kappa shape index (κ2) is 3.82. The fourth-order valence-corrected chi connectivity index (χ4v) is 1.25. The number of anilines is 1. The lowest BCUT2D eigenvalue weighted by Gasteiger charge is -2.34. The number of nitrogens with zero attached hydrogens (tertiary/aromatic N) is 1. The third-order valence-corrected chi connectivity index (χ3v) is 2.43. The maximum Gasteiger partial charge on any atom is 0.152 e. The molecule has 0 aromatic heterocycles. The van der Waals surface area contributed by atoms with Gasteiger partial charge in [-0.15, -0.1) is 0 Å². The number of rotatable bonds is 2. The lowest BCUT2D eigenvalue weighted by atomic mass is 10.0. The van der Waals surface area contributed by atoms with Crippen molar-refractivity contribution < 1.29 is 4.79 Å². The van der Waals surface area contributed by atoms with Crippen molar-refractivity contribution in [3.63, 3.8) is 0 Å². The molecule has 0 fully saturated rings. The van der Waals surface area contributed by atoms with E-state index in [0.717, 1.165) is 17.5 Å². The van der Waals surface area contributed by atoms with Crippen molar-refractivity contribution in [2.75, 3.05) is 11.9 Å². The molecule has 2 nitrogen and oxygen atoms in total. The van der Waals surface area contributed by atoms with E-state index in [-0.39, 0.29) is 5.54 Å². The summed E-state index contributed by atoms with van der Waals surface area (Å²) in [6.07, 6.45) is 0.900. The number of hydrogen-bond donors (Lipinski definition) is 0. The average Bonchev–Trinajstić information content (AvgIpc) is 2.15. The predicted octanol–water partition coefficient (Wildman–Crippen LogP) is 2.73. The van der Waals surface area contributed by atoms with Crippen molar-refractivity contribution in [1.82, 2.24) is 0 Å². The summed E-state index contributed by atoms with van der Waals surface area (Å²) < 4.78 is 0. The summed E-state index contributed by atoms with van der Waals surface area (Å²) in [6.45, 7) is 6.36. The molecule has 1 rings (SSSR count). The number of carbonyl (C=O) groups is 1. The van der Waals surface area contributed by atoms with Crippen LogP contribution in [0.15, 0.2) is 24.3 Å². The molecule has 0 aliphatic rings. The zero-order valence-corrected chi connectivity index (χ0v) is 9.24. The van der Waals surface area contributed by atoms with Gasteiger partial charge in [0.05, 0.1) is 0 Å². The van der Waals surface area contributed by atoms with Crippen molar-refractivity contribution in [1.29, 1.82) is 0 Å². The van der Waals surface area contributed by atoms with Crippen LogP contribution in [0.2, 0.25) is 0 Å². The van der Waals surface area contributed by atoms with Crippen LogP contribution in [0.1, 0.15) is 31.1 Å². The van der Waals surface area contributed by atoms with Gasteiger partial charge in [-0.1, -0.05) is 12.1 Å². The van der Waals surface area contributed by atoms with E-state index < -0.39 is 0 Å². The lowest BCUT2D eigenvalue weighted by molar-refractivity contribution is 0.112. The minimum absolute atomic E-state index is 0.0269. The van der Waals surface area contributed by atoms with Crippen LogP contribution in [-0.4, -0.2) is 18.9 Å². The third-order valence-electron chi connectivity index (χ3n) is 2.43. The highest BCUT2D eigenvalue weighted by atomic mass is 16.1. The van der Waals surface area contributed by atoms with E-state index in [9.17, 15) is 4.79 Å². The van der Waals surface area contributed by atoms with Crippen LogP contribution in [0.3, 0.4) is 0 Å². The van der Waals surface area contributed by atoms with Gasteiger partial charge < -0.3 is 4.90 Å². The highest BCUT2D eigenvalue weighted by Gasteiger charge is 2.19. The molecular weight excluding hydrogens is 174 g/mol. The van der Waals surface area contributed by atoms with Crippen molar-refractivity contribution >= 4 is 12.0 Å². The number of para-hydroxylation sites is 1. The fraction of sp³-hybridized carbons (Fsp3) is 0.417. The fourth-order valence-electron chi connectivity index (χ4n) is 1.25. The van der Waals surface area contributed by atoms with Crippen LogP contribution in [0.25, 0.3) is 0 Å². The van der Waals surface area contributed by atoms with E-state index in [4.69, 9.17) is 0 Å². The highest BCUT2D eigenvalue weighted by molar-refractivity contribution is 5.84. The van der Waals surface area contributed by atoms with Gasteiger partial charge in [-0.05, 0) is 32.9 Å². The molecule has 0 radical (unpaired) electrons. The Balaban J connectivity index is 3.12. The summed E-state index contributed by atoms with van der Waals surface area (Å²) >= 11 is 0. The molecule has 1 aromatic carbocycles. The standard InChI is InChI=1S/C12H17NO/c1-12(2,3)13(4)11-8-6-5-7-10(11)9-14/h5-9H,1-4H3. The molecule has 0 amide bonds. The van der Waals surface area contributed by atoms with Gasteiger partial charge in [0.15, 0.2) is 6.29 Å². The molecule has 0 atom stereocenters. The van der Waals surface area contributed by atoms with Crippen molar-refractivity contribution in [2.24, 2.45) is 0 Å². The summed E-state index contributed by atoms with van der Waals surface area (Å²) in [5.41, 5.74) is 1.75. The van der Waals surface area contributed by atoms with E-state index in [2.05, 4.69) is 25.7 Å². The molecule has 0 unspecified atom stereocenters. The monoisotopic (exact) mass is 191 g/mol. The van der Waals surface area contributed by atoms with E-state index >= 15 is 0 Å². The van der Waals surface area contributed by atoms with Gasteiger partial charge in [0.25, 0.3) is 0 Å². The Morgan fingerprint density at radius 1 is 1.21 bits per heavy atom. The Hall–Kier alpha value is -1.31. The van der Waals surface area contributed by atoms with Gasteiger partial charge in [0.2, 0.25) is 0 Å². The van der Waals surface area contributed by atoms with Crippen LogP contribution in [0.5, 0.6) is 0 Å². The first-order valence-electron chi connectivity index (χ1n) is 4.75. The Morgan fingerprint density at radius 3 is 2.29 bits per heavy atom. The van der Waals surface area contributed by atoms with E-state index in [0.29, 0.717) is 0 Å². The molecule has 0 saturated heterocycles. The van der Waals surface area contributed by atoms with Gasteiger partial charge in [-0.25, -0.2) is 0 Å². The lowest BCUT2D eigenvalue weighted by Crippen LogP contribution is -2.38. The Bertz CT molecular complexity index is 325. The summed E-state index contributed by atoms with van der Waals surface area (Å²) in [5.74, 6) is 0. The first-order valence-corrected chi connectivity index (χ1v) is 4.75. The Labute approximate surface area is 85.5 Å². The molecule has 0 saturated carbocycles. The molecule has 0 bridgehead atoms. The largest absolute Gasteiger partial charge is 0.369 e. The molecule has 14 heavy (non-hydrogen) atoms.